The molecule has 0 aliphatic carbocycles. The zero-order valence-electron chi connectivity index (χ0n) is 8.18. The topological polar surface area (TPSA) is 12.5 Å². The molecule has 0 atom stereocenters. The van der Waals surface area contributed by atoms with E-state index in [2.05, 4.69) is 34.5 Å². The van der Waals surface area contributed by atoms with Crippen molar-refractivity contribution in [2.24, 2.45) is 5.41 Å². The number of ether oxygens (including phenoxy) is 1. The van der Waals surface area contributed by atoms with Gasteiger partial charge >= 0.3 is 0 Å². The fourth-order valence-electron chi connectivity index (χ4n) is 1.26. The van der Waals surface area contributed by atoms with Gasteiger partial charge in [-0.05, 0) is 0 Å². The fourth-order valence-corrected chi connectivity index (χ4v) is 1.48. The summed E-state index contributed by atoms with van der Waals surface area (Å²) in [5.74, 6) is 0. The van der Waals surface area contributed by atoms with Gasteiger partial charge in [-0.25, -0.2) is 0 Å². The lowest BCUT2D eigenvalue weighted by atomic mass is 9.95. The first kappa shape index (κ1) is 10.2. The Morgan fingerprint density at radius 1 is 1.25 bits per heavy atom. The molecular formula is C9H18NOP. The van der Waals surface area contributed by atoms with Gasteiger partial charge in [0.1, 0.15) is 0 Å². The van der Waals surface area contributed by atoms with Crippen LogP contribution in [0, 0.1) is 5.41 Å². The van der Waals surface area contributed by atoms with Crippen LogP contribution in [0.4, 0.5) is 0 Å². The Kier molecular flexibility index (Phi) is 3.28. The summed E-state index contributed by atoms with van der Waals surface area (Å²) in [4.78, 5) is 2.35. The second-order valence-corrected chi connectivity index (χ2v) is 4.67. The van der Waals surface area contributed by atoms with Gasteiger partial charge in [-0.3, -0.25) is 4.90 Å². The average Bonchev–Trinajstić information content (AvgIpc) is 2.03. The van der Waals surface area contributed by atoms with Crippen molar-refractivity contribution in [1.29, 1.82) is 0 Å². The van der Waals surface area contributed by atoms with Crippen LogP contribution >= 0.6 is 8.86 Å². The van der Waals surface area contributed by atoms with Crippen LogP contribution in [0.1, 0.15) is 20.8 Å². The molecule has 1 heterocycles. The number of nitrogens with zero attached hydrogens (tertiary/aromatic N) is 1. The van der Waals surface area contributed by atoms with E-state index in [4.69, 9.17) is 4.74 Å². The van der Waals surface area contributed by atoms with E-state index in [1.54, 1.807) is 0 Å². The highest BCUT2D eigenvalue weighted by atomic mass is 31.0. The predicted octanol–water partition coefficient (Wildman–Crippen LogP) is 1.64. The summed E-state index contributed by atoms with van der Waals surface area (Å²) < 4.78 is 5.29. The molecule has 0 radical (unpaired) electrons. The molecule has 2 nitrogen and oxygen atoms in total. The summed E-state index contributed by atoms with van der Waals surface area (Å²) in [5, 5.41) is 0. The molecule has 0 bridgehead atoms. The molecule has 0 N–H and O–H groups in total. The molecule has 0 aromatic carbocycles. The van der Waals surface area contributed by atoms with E-state index in [1.807, 2.05) is 0 Å². The molecule has 1 aliphatic rings. The van der Waals surface area contributed by atoms with E-state index < -0.39 is 0 Å². The summed E-state index contributed by atoms with van der Waals surface area (Å²) in [5.41, 5.74) is 1.50. The van der Waals surface area contributed by atoms with Crippen LogP contribution in [-0.4, -0.2) is 36.6 Å². The molecule has 3 heteroatoms. The molecule has 1 fully saturated rings. The summed E-state index contributed by atoms with van der Waals surface area (Å²) in [6.07, 6.45) is 0. The molecule has 0 aromatic heterocycles. The van der Waals surface area contributed by atoms with Crippen molar-refractivity contribution in [2.45, 2.75) is 20.8 Å². The minimum Gasteiger partial charge on any atom is -0.379 e. The largest absolute Gasteiger partial charge is 0.379 e. The summed E-state index contributed by atoms with van der Waals surface area (Å²) >= 11 is 0. The summed E-state index contributed by atoms with van der Waals surface area (Å²) in [6, 6.07) is 0. The summed E-state index contributed by atoms with van der Waals surface area (Å²) in [6.45, 7) is 10.4. The number of hydrogen-bond donors (Lipinski definition) is 0. The first-order chi connectivity index (χ1) is 5.52. The average molecular weight is 187 g/mol. The molecule has 1 aliphatic heterocycles. The van der Waals surface area contributed by atoms with Gasteiger partial charge < -0.3 is 4.74 Å². The predicted molar refractivity (Wildman–Crippen MR) is 55.2 cm³/mol. The molecule has 0 aromatic rings. The molecular weight excluding hydrogens is 169 g/mol. The first-order valence-electron chi connectivity index (χ1n) is 4.43. The van der Waals surface area contributed by atoms with Gasteiger partial charge in [-0.15, -0.1) is 8.86 Å². The highest BCUT2D eigenvalue weighted by Crippen LogP contribution is 2.20. The SMILES string of the molecule is CC(C)(C)C(=P)N1CCOCC1. The monoisotopic (exact) mass is 187 g/mol. The Morgan fingerprint density at radius 3 is 2.17 bits per heavy atom. The van der Waals surface area contributed by atoms with Gasteiger partial charge in [-0.1, -0.05) is 20.8 Å². The van der Waals surface area contributed by atoms with Crippen LogP contribution in [0.5, 0.6) is 0 Å². The smallest absolute Gasteiger partial charge is 0.0598 e. The number of hydrogen-bond acceptors (Lipinski definition) is 1. The quantitative estimate of drug-likeness (QED) is 0.578. The van der Waals surface area contributed by atoms with Crippen LogP contribution in [0.2, 0.25) is 0 Å². The molecule has 0 spiro atoms. The van der Waals surface area contributed by atoms with Crippen molar-refractivity contribution in [2.75, 3.05) is 26.3 Å². The third-order valence-corrected chi connectivity index (χ3v) is 3.10. The maximum absolute atomic E-state index is 5.29. The first-order valence-corrected chi connectivity index (χ1v) is 4.93. The van der Waals surface area contributed by atoms with E-state index in [0.29, 0.717) is 0 Å². The zero-order valence-corrected chi connectivity index (χ0v) is 9.18. The van der Waals surface area contributed by atoms with Crippen LogP contribution in [0.25, 0.3) is 0 Å². The van der Waals surface area contributed by atoms with Gasteiger partial charge in [0.05, 0.1) is 13.2 Å². The van der Waals surface area contributed by atoms with Crippen molar-refractivity contribution in [3.05, 3.63) is 0 Å². The highest BCUT2D eigenvalue weighted by molar-refractivity contribution is 7.21. The van der Waals surface area contributed by atoms with Crippen LogP contribution in [-0.2, 0) is 4.74 Å². The van der Waals surface area contributed by atoms with Crippen LogP contribution < -0.4 is 0 Å². The molecule has 0 amide bonds. The van der Waals surface area contributed by atoms with Gasteiger partial charge in [0.15, 0.2) is 0 Å². The van der Waals surface area contributed by atoms with E-state index in [-0.39, 0.29) is 5.41 Å². The zero-order chi connectivity index (χ0) is 9.19. The van der Waals surface area contributed by atoms with Crippen molar-refractivity contribution in [3.63, 3.8) is 0 Å². The Morgan fingerprint density at radius 2 is 1.75 bits per heavy atom. The van der Waals surface area contributed by atoms with E-state index >= 15 is 0 Å². The minimum atomic E-state index is 0.216. The lowest BCUT2D eigenvalue weighted by Crippen LogP contribution is -2.44. The van der Waals surface area contributed by atoms with Crippen LogP contribution in [0.15, 0.2) is 0 Å². The Balaban J connectivity index is 2.51. The lowest BCUT2D eigenvalue weighted by Gasteiger charge is -2.34. The molecule has 0 saturated carbocycles. The maximum atomic E-state index is 5.29. The third-order valence-electron chi connectivity index (χ3n) is 2.04. The summed E-state index contributed by atoms with van der Waals surface area (Å²) in [7, 11) is 3.70. The van der Waals surface area contributed by atoms with Crippen molar-refractivity contribution in [1.82, 2.24) is 4.90 Å². The molecule has 1 saturated heterocycles. The molecule has 1 rings (SSSR count). The maximum Gasteiger partial charge on any atom is 0.0598 e. The van der Waals surface area contributed by atoms with E-state index in [1.165, 1.54) is 5.42 Å². The second kappa shape index (κ2) is 3.87. The minimum absolute atomic E-state index is 0.216. The molecule has 0 unspecified atom stereocenters. The van der Waals surface area contributed by atoms with Gasteiger partial charge in [0.25, 0.3) is 0 Å². The molecule has 12 heavy (non-hydrogen) atoms. The fraction of sp³-hybridized carbons (Fsp3) is 0.889. The van der Waals surface area contributed by atoms with Gasteiger partial charge in [0, 0.05) is 23.9 Å². The Labute approximate surface area is 77.1 Å². The Bertz CT molecular complexity index is 168. The van der Waals surface area contributed by atoms with Gasteiger partial charge in [-0.2, -0.15) is 0 Å². The van der Waals surface area contributed by atoms with Crippen molar-refractivity contribution < 1.29 is 4.74 Å². The van der Waals surface area contributed by atoms with E-state index in [0.717, 1.165) is 26.3 Å². The van der Waals surface area contributed by atoms with E-state index in [9.17, 15) is 0 Å². The van der Waals surface area contributed by atoms with Crippen LogP contribution in [0.3, 0.4) is 0 Å². The number of morpholine rings is 1. The Hall–Kier alpha value is 0.0900. The van der Waals surface area contributed by atoms with Crippen molar-refractivity contribution in [3.8, 4) is 0 Å². The normalized spacial score (nSPS) is 20.9. The van der Waals surface area contributed by atoms with Gasteiger partial charge in [0.2, 0.25) is 0 Å². The second-order valence-electron chi connectivity index (χ2n) is 4.20. The third kappa shape index (κ3) is 2.55. The lowest BCUT2D eigenvalue weighted by molar-refractivity contribution is 0.0659. The highest BCUT2D eigenvalue weighted by Gasteiger charge is 2.23. The standard InChI is InChI=1S/C9H18NOP/c1-9(2,3)8(12)10-4-6-11-7-5-10/h12H,4-7H2,1-3H3. The number of rotatable bonds is 1. The van der Waals surface area contributed by atoms with Crippen molar-refractivity contribution >= 4 is 14.3 Å². The molecule has 70 valence electrons.